The maximum atomic E-state index is 11.8. The van der Waals surface area contributed by atoms with Crippen LogP contribution in [0.1, 0.15) is 0 Å². The number of anilines is 3. The fourth-order valence-electron chi connectivity index (χ4n) is 2.09. The van der Waals surface area contributed by atoms with E-state index in [4.69, 9.17) is 16.3 Å². The maximum Gasteiger partial charge on any atom is 0.244 e. The second-order valence-corrected chi connectivity index (χ2v) is 4.77. The molecule has 0 bridgehead atoms. The molecule has 1 N–H and O–H groups in total. The van der Waals surface area contributed by atoms with Crippen LogP contribution in [-0.4, -0.2) is 24.5 Å². The van der Waals surface area contributed by atoms with E-state index in [1.165, 1.54) is 0 Å². The van der Waals surface area contributed by atoms with Crippen LogP contribution < -0.4 is 15.0 Å². The number of hydrogen-bond donors (Lipinski definition) is 1. The molecular weight excluding hydrogens is 278 g/mol. The summed E-state index contributed by atoms with van der Waals surface area (Å²) in [5.41, 5.74) is 1.52. The van der Waals surface area contributed by atoms with E-state index in [0.717, 1.165) is 5.69 Å². The minimum absolute atomic E-state index is 0.0839. The van der Waals surface area contributed by atoms with E-state index in [2.05, 4.69) is 10.3 Å². The van der Waals surface area contributed by atoms with Crippen LogP contribution in [0.5, 0.6) is 5.88 Å². The number of hydrogen-bond acceptors (Lipinski definition) is 4. The molecule has 102 valence electrons. The zero-order valence-corrected chi connectivity index (χ0v) is 11.5. The molecule has 0 unspecified atom stereocenters. The van der Waals surface area contributed by atoms with Crippen LogP contribution in [0.3, 0.4) is 0 Å². The molecule has 0 fully saturated rings. The smallest absolute Gasteiger partial charge is 0.244 e. The van der Waals surface area contributed by atoms with E-state index < -0.39 is 0 Å². The normalized spacial score (nSPS) is 13.7. The summed E-state index contributed by atoms with van der Waals surface area (Å²) in [5, 5.41) is 3.44. The van der Waals surface area contributed by atoms with Gasteiger partial charge in [0.05, 0.1) is 12.8 Å². The van der Waals surface area contributed by atoms with Gasteiger partial charge in [-0.1, -0.05) is 11.6 Å². The summed E-state index contributed by atoms with van der Waals surface area (Å²) in [7, 11) is 1.56. The summed E-state index contributed by atoms with van der Waals surface area (Å²) >= 11 is 5.89. The fraction of sp³-hybridized carbons (Fsp3) is 0.143. The highest BCUT2D eigenvalue weighted by Gasteiger charge is 2.25. The number of carbonyl (C=O) groups is 1. The molecule has 1 aromatic carbocycles. The van der Waals surface area contributed by atoms with Gasteiger partial charge in [-0.05, 0) is 30.3 Å². The van der Waals surface area contributed by atoms with Crippen LogP contribution in [0.25, 0.3) is 0 Å². The van der Waals surface area contributed by atoms with E-state index in [-0.39, 0.29) is 12.5 Å². The van der Waals surface area contributed by atoms with Crippen LogP contribution in [0.4, 0.5) is 17.2 Å². The van der Waals surface area contributed by atoms with Gasteiger partial charge in [-0.15, -0.1) is 0 Å². The third kappa shape index (κ3) is 2.28. The van der Waals surface area contributed by atoms with E-state index in [0.29, 0.717) is 22.4 Å². The lowest BCUT2D eigenvalue weighted by molar-refractivity contribution is -0.115. The highest BCUT2D eigenvalue weighted by Crippen LogP contribution is 2.35. The first kappa shape index (κ1) is 12.7. The predicted octanol–water partition coefficient (Wildman–Crippen LogP) is 2.83. The molecule has 6 heteroatoms. The molecule has 0 saturated heterocycles. The number of benzene rings is 1. The average molecular weight is 290 g/mol. The van der Waals surface area contributed by atoms with Crippen molar-refractivity contribution in [1.82, 2.24) is 4.98 Å². The summed E-state index contributed by atoms with van der Waals surface area (Å²) in [6, 6.07) is 10.8. The lowest BCUT2D eigenvalue weighted by Gasteiger charge is -2.29. The van der Waals surface area contributed by atoms with Gasteiger partial charge in [0.15, 0.2) is 5.82 Å². The molecule has 0 radical (unpaired) electrons. The van der Waals surface area contributed by atoms with Crippen molar-refractivity contribution in [3.05, 3.63) is 41.4 Å². The molecule has 1 aromatic heterocycles. The van der Waals surface area contributed by atoms with Crippen molar-refractivity contribution < 1.29 is 9.53 Å². The van der Waals surface area contributed by atoms with Crippen molar-refractivity contribution in [3.63, 3.8) is 0 Å². The zero-order valence-electron chi connectivity index (χ0n) is 10.8. The van der Waals surface area contributed by atoms with Crippen molar-refractivity contribution in [2.45, 2.75) is 0 Å². The lowest BCUT2D eigenvalue weighted by Crippen LogP contribution is -2.35. The molecule has 2 heterocycles. The van der Waals surface area contributed by atoms with Crippen LogP contribution in [0.15, 0.2) is 36.4 Å². The number of ether oxygens (including phenoxy) is 1. The van der Waals surface area contributed by atoms with Crippen molar-refractivity contribution >= 4 is 34.7 Å². The highest BCUT2D eigenvalue weighted by atomic mass is 35.5. The molecule has 0 saturated carbocycles. The van der Waals surface area contributed by atoms with Crippen molar-refractivity contribution in [3.8, 4) is 5.88 Å². The van der Waals surface area contributed by atoms with E-state index >= 15 is 0 Å². The van der Waals surface area contributed by atoms with Gasteiger partial charge < -0.3 is 15.0 Å². The molecule has 0 aliphatic carbocycles. The zero-order chi connectivity index (χ0) is 14.1. The van der Waals surface area contributed by atoms with Crippen molar-refractivity contribution in [1.29, 1.82) is 0 Å². The Bertz CT molecular complexity index is 658. The van der Waals surface area contributed by atoms with Crippen LogP contribution >= 0.6 is 11.6 Å². The highest BCUT2D eigenvalue weighted by molar-refractivity contribution is 6.30. The molecule has 0 atom stereocenters. The maximum absolute atomic E-state index is 11.8. The Balaban J connectivity index is 2.08. The molecule has 0 spiro atoms. The van der Waals surface area contributed by atoms with Gasteiger partial charge in [-0.2, -0.15) is 4.98 Å². The van der Waals surface area contributed by atoms with E-state index in [1.807, 2.05) is 17.0 Å². The summed E-state index contributed by atoms with van der Waals surface area (Å²) in [6.45, 7) is 0.203. The number of nitrogens with one attached hydrogen (secondary N) is 1. The Labute approximate surface area is 121 Å². The molecular formula is C14H12ClN3O2. The minimum Gasteiger partial charge on any atom is -0.481 e. The number of fused-ring (bicyclic) bond motifs is 1. The van der Waals surface area contributed by atoms with Gasteiger partial charge in [0, 0.05) is 16.8 Å². The van der Waals surface area contributed by atoms with Gasteiger partial charge in [0.1, 0.15) is 6.54 Å². The second kappa shape index (κ2) is 5.02. The van der Waals surface area contributed by atoms with Gasteiger partial charge >= 0.3 is 0 Å². The predicted molar refractivity (Wildman–Crippen MR) is 77.9 cm³/mol. The number of aromatic nitrogens is 1. The number of methoxy groups -OCH3 is 1. The molecule has 5 nitrogen and oxygen atoms in total. The van der Waals surface area contributed by atoms with Gasteiger partial charge in [0.25, 0.3) is 0 Å². The summed E-state index contributed by atoms with van der Waals surface area (Å²) < 4.78 is 5.14. The first-order chi connectivity index (χ1) is 9.67. The topological polar surface area (TPSA) is 54.5 Å². The van der Waals surface area contributed by atoms with Crippen molar-refractivity contribution in [2.24, 2.45) is 0 Å². The Morgan fingerprint density at radius 3 is 2.70 bits per heavy atom. The number of nitrogens with zero attached hydrogens (tertiary/aromatic N) is 2. The number of pyridine rings is 1. The Hall–Kier alpha value is -2.27. The summed E-state index contributed by atoms with van der Waals surface area (Å²) in [6.07, 6.45) is 0. The molecule has 1 aliphatic heterocycles. The summed E-state index contributed by atoms with van der Waals surface area (Å²) in [5.74, 6) is 1.07. The largest absolute Gasteiger partial charge is 0.481 e. The van der Waals surface area contributed by atoms with Gasteiger partial charge in [-0.3, -0.25) is 4.79 Å². The second-order valence-electron chi connectivity index (χ2n) is 4.34. The number of rotatable bonds is 2. The molecule has 20 heavy (non-hydrogen) atoms. The Kier molecular flexibility index (Phi) is 3.20. The molecule has 1 amide bonds. The first-order valence-corrected chi connectivity index (χ1v) is 6.43. The monoisotopic (exact) mass is 289 g/mol. The lowest BCUT2D eigenvalue weighted by atomic mass is 10.2. The molecule has 1 aliphatic rings. The van der Waals surface area contributed by atoms with Crippen LogP contribution in [-0.2, 0) is 4.79 Å². The minimum atomic E-state index is -0.0839. The van der Waals surface area contributed by atoms with E-state index in [9.17, 15) is 4.79 Å². The quantitative estimate of drug-likeness (QED) is 0.924. The third-order valence-corrected chi connectivity index (χ3v) is 3.28. The van der Waals surface area contributed by atoms with Crippen LogP contribution in [0.2, 0.25) is 5.02 Å². The SMILES string of the molecule is COc1ccc2c(n1)N(c1ccc(Cl)cc1)CC(=O)N2. The van der Waals surface area contributed by atoms with Gasteiger partial charge in [-0.25, -0.2) is 0 Å². The number of carbonyl (C=O) groups excluding carboxylic acids is 1. The summed E-state index contributed by atoms with van der Waals surface area (Å²) in [4.78, 5) is 18.0. The van der Waals surface area contributed by atoms with Crippen molar-refractivity contribution in [2.75, 3.05) is 23.9 Å². The molecule has 3 rings (SSSR count). The molecule has 2 aromatic rings. The Morgan fingerprint density at radius 2 is 2.00 bits per heavy atom. The average Bonchev–Trinajstić information content (AvgIpc) is 2.47. The number of halogens is 1. The van der Waals surface area contributed by atoms with E-state index in [1.54, 1.807) is 31.4 Å². The first-order valence-electron chi connectivity index (χ1n) is 6.05. The Morgan fingerprint density at radius 1 is 1.25 bits per heavy atom. The van der Waals surface area contributed by atoms with Crippen LogP contribution in [0, 0.1) is 0 Å². The fourth-order valence-corrected chi connectivity index (χ4v) is 2.22. The standard InChI is InChI=1S/C14H12ClN3O2/c1-20-13-7-6-11-14(17-13)18(8-12(19)16-11)10-4-2-9(15)3-5-10/h2-7H,8H2,1H3,(H,16,19). The van der Waals surface area contributed by atoms with Gasteiger partial charge in [0.2, 0.25) is 11.8 Å². The third-order valence-electron chi connectivity index (χ3n) is 3.03. The number of amides is 1.